The van der Waals surface area contributed by atoms with Crippen molar-refractivity contribution in [2.75, 3.05) is 5.32 Å². The minimum absolute atomic E-state index is 0.204. The predicted molar refractivity (Wildman–Crippen MR) is 73.6 cm³/mol. The molecule has 5 nitrogen and oxygen atoms in total. The standard InChI is InChI=1S/C13H11N3O2S/c1-7-9-5-6-19-11(9)4-3-10(7)13(17)14-12-8(2)15-18-16-12/h3-6H,1-2H3,(H,14,16,17). The van der Waals surface area contributed by atoms with Gasteiger partial charge in [-0.2, -0.15) is 0 Å². The van der Waals surface area contributed by atoms with Crippen molar-refractivity contribution in [2.45, 2.75) is 13.8 Å². The second kappa shape index (κ2) is 4.47. The zero-order valence-electron chi connectivity index (χ0n) is 10.4. The number of nitrogens with one attached hydrogen (secondary N) is 1. The first kappa shape index (κ1) is 11.9. The van der Waals surface area contributed by atoms with Crippen LogP contribution in [0.3, 0.4) is 0 Å². The van der Waals surface area contributed by atoms with E-state index in [1.54, 1.807) is 18.3 Å². The molecule has 0 aliphatic carbocycles. The van der Waals surface area contributed by atoms with E-state index in [4.69, 9.17) is 0 Å². The van der Waals surface area contributed by atoms with E-state index in [-0.39, 0.29) is 5.91 Å². The van der Waals surface area contributed by atoms with Crippen LogP contribution in [0.2, 0.25) is 0 Å². The normalized spacial score (nSPS) is 10.8. The smallest absolute Gasteiger partial charge is 0.257 e. The largest absolute Gasteiger partial charge is 0.302 e. The van der Waals surface area contributed by atoms with Crippen molar-refractivity contribution in [1.82, 2.24) is 10.3 Å². The Morgan fingerprint density at radius 1 is 1.26 bits per heavy atom. The highest BCUT2D eigenvalue weighted by Gasteiger charge is 2.15. The molecule has 0 aliphatic heterocycles. The number of carbonyl (C=O) groups excluding carboxylic acids is 1. The topological polar surface area (TPSA) is 68.0 Å². The zero-order valence-corrected chi connectivity index (χ0v) is 11.2. The Kier molecular flexibility index (Phi) is 2.79. The van der Waals surface area contributed by atoms with Crippen LogP contribution >= 0.6 is 11.3 Å². The number of benzene rings is 1. The summed E-state index contributed by atoms with van der Waals surface area (Å²) in [6.45, 7) is 3.67. The number of carbonyl (C=O) groups is 1. The molecule has 96 valence electrons. The van der Waals surface area contributed by atoms with E-state index in [0.717, 1.165) is 10.9 Å². The number of aromatic nitrogens is 2. The first-order valence-corrected chi connectivity index (χ1v) is 6.62. The number of hydrogen-bond acceptors (Lipinski definition) is 5. The lowest BCUT2D eigenvalue weighted by atomic mass is 10.0. The van der Waals surface area contributed by atoms with Gasteiger partial charge in [0.1, 0.15) is 5.69 Å². The Bertz CT molecular complexity index is 760. The molecular weight excluding hydrogens is 262 g/mol. The molecule has 0 saturated carbocycles. The van der Waals surface area contributed by atoms with Crippen molar-refractivity contribution in [1.29, 1.82) is 0 Å². The lowest BCUT2D eigenvalue weighted by Crippen LogP contribution is -2.14. The minimum Gasteiger partial charge on any atom is -0.302 e. The van der Waals surface area contributed by atoms with Gasteiger partial charge in [-0.25, -0.2) is 4.63 Å². The van der Waals surface area contributed by atoms with Crippen LogP contribution in [0, 0.1) is 13.8 Å². The molecule has 0 fully saturated rings. The molecule has 2 aromatic heterocycles. The molecule has 1 aromatic carbocycles. The minimum atomic E-state index is -0.204. The fourth-order valence-electron chi connectivity index (χ4n) is 1.95. The molecule has 0 spiro atoms. The highest BCUT2D eigenvalue weighted by Crippen LogP contribution is 2.26. The first-order chi connectivity index (χ1) is 9.16. The number of aryl methyl sites for hydroxylation is 2. The van der Waals surface area contributed by atoms with E-state index < -0.39 is 0 Å². The van der Waals surface area contributed by atoms with Gasteiger partial charge in [0.15, 0.2) is 0 Å². The number of amides is 1. The number of anilines is 1. The van der Waals surface area contributed by atoms with Gasteiger partial charge in [-0.05, 0) is 53.5 Å². The van der Waals surface area contributed by atoms with Crippen LogP contribution in [-0.2, 0) is 0 Å². The van der Waals surface area contributed by atoms with Crippen molar-refractivity contribution in [3.05, 3.63) is 40.4 Å². The number of nitrogens with zero attached hydrogens (tertiary/aromatic N) is 2. The molecule has 0 saturated heterocycles. The molecule has 3 aromatic rings. The molecule has 0 aliphatic rings. The van der Waals surface area contributed by atoms with Crippen LogP contribution in [0.4, 0.5) is 5.82 Å². The Hall–Kier alpha value is -2.21. The molecule has 19 heavy (non-hydrogen) atoms. The van der Waals surface area contributed by atoms with E-state index in [9.17, 15) is 4.79 Å². The molecule has 2 heterocycles. The summed E-state index contributed by atoms with van der Waals surface area (Å²) in [6, 6.07) is 5.80. The van der Waals surface area contributed by atoms with Crippen molar-refractivity contribution >= 4 is 33.1 Å². The van der Waals surface area contributed by atoms with E-state index in [0.29, 0.717) is 17.1 Å². The first-order valence-electron chi connectivity index (χ1n) is 5.74. The van der Waals surface area contributed by atoms with Crippen molar-refractivity contribution in [3.8, 4) is 0 Å². The van der Waals surface area contributed by atoms with Gasteiger partial charge in [0.25, 0.3) is 5.91 Å². The van der Waals surface area contributed by atoms with Crippen LogP contribution < -0.4 is 5.32 Å². The Morgan fingerprint density at radius 3 is 2.84 bits per heavy atom. The van der Waals surface area contributed by atoms with Gasteiger partial charge in [-0.15, -0.1) is 11.3 Å². The van der Waals surface area contributed by atoms with Crippen LogP contribution in [0.25, 0.3) is 10.1 Å². The summed E-state index contributed by atoms with van der Waals surface area (Å²) in [7, 11) is 0. The molecule has 0 unspecified atom stereocenters. The molecule has 1 N–H and O–H groups in total. The molecular formula is C13H11N3O2S. The monoisotopic (exact) mass is 273 g/mol. The van der Waals surface area contributed by atoms with Crippen molar-refractivity contribution in [3.63, 3.8) is 0 Å². The summed E-state index contributed by atoms with van der Waals surface area (Å²) >= 11 is 1.66. The van der Waals surface area contributed by atoms with E-state index in [1.165, 1.54) is 4.70 Å². The van der Waals surface area contributed by atoms with Gasteiger partial charge >= 0.3 is 0 Å². The maximum absolute atomic E-state index is 12.2. The van der Waals surface area contributed by atoms with E-state index >= 15 is 0 Å². The lowest BCUT2D eigenvalue weighted by molar-refractivity contribution is 0.102. The zero-order chi connectivity index (χ0) is 13.4. The summed E-state index contributed by atoms with van der Waals surface area (Å²) in [5, 5.41) is 13.1. The second-order valence-corrected chi connectivity index (χ2v) is 5.17. The van der Waals surface area contributed by atoms with Crippen LogP contribution in [-0.4, -0.2) is 16.2 Å². The molecule has 3 rings (SSSR count). The predicted octanol–water partition coefficient (Wildman–Crippen LogP) is 3.15. The fourth-order valence-corrected chi connectivity index (χ4v) is 2.80. The number of thiophene rings is 1. The molecule has 0 atom stereocenters. The van der Waals surface area contributed by atoms with E-state index in [2.05, 4.69) is 20.3 Å². The third-order valence-corrected chi connectivity index (χ3v) is 3.92. The summed E-state index contributed by atoms with van der Waals surface area (Å²) < 4.78 is 5.73. The Morgan fingerprint density at radius 2 is 2.11 bits per heavy atom. The van der Waals surface area contributed by atoms with Crippen LogP contribution in [0.15, 0.2) is 28.2 Å². The summed E-state index contributed by atoms with van der Waals surface area (Å²) in [4.78, 5) is 12.2. The summed E-state index contributed by atoms with van der Waals surface area (Å²) in [6.07, 6.45) is 0. The van der Waals surface area contributed by atoms with Gasteiger partial charge in [-0.1, -0.05) is 5.16 Å². The lowest BCUT2D eigenvalue weighted by Gasteiger charge is -2.06. The van der Waals surface area contributed by atoms with Crippen LogP contribution in [0.5, 0.6) is 0 Å². The van der Waals surface area contributed by atoms with Gasteiger partial charge in [0.2, 0.25) is 5.82 Å². The summed E-state index contributed by atoms with van der Waals surface area (Å²) in [5.74, 6) is 0.152. The third kappa shape index (κ3) is 2.00. The number of rotatable bonds is 2. The van der Waals surface area contributed by atoms with Crippen molar-refractivity contribution < 1.29 is 9.42 Å². The second-order valence-electron chi connectivity index (χ2n) is 4.22. The van der Waals surface area contributed by atoms with Gasteiger partial charge < -0.3 is 5.32 Å². The number of hydrogen-bond donors (Lipinski definition) is 1. The maximum atomic E-state index is 12.2. The van der Waals surface area contributed by atoms with Crippen molar-refractivity contribution in [2.24, 2.45) is 0 Å². The quantitative estimate of drug-likeness (QED) is 0.778. The van der Waals surface area contributed by atoms with Crippen LogP contribution in [0.1, 0.15) is 21.6 Å². The number of fused-ring (bicyclic) bond motifs is 1. The fraction of sp³-hybridized carbons (Fsp3) is 0.154. The SMILES string of the molecule is Cc1nonc1NC(=O)c1ccc2sccc2c1C. The highest BCUT2D eigenvalue weighted by atomic mass is 32.1. The van der Waals surface area contributed by atoms with Gasteiger partial charge in [-0.3, -0.25) is 4.79 Å². The molecule has 0 radical (unpaired) electrons. The molecule has 0 bridgehead atoms. The Balaban J connectivity index is 1.97. The molecule has 6 heteroatoms. The van der Waals surface area contributed by atoms with Gasteiger partial charge in [0.05, 0.1) is 0 Å². The average molecular weight is 273 g/mol. The van der Waals surface area contributed by atoms with Gasteiger partial charge in [0, 0.05) is 10.3 Å². The summed E-state index contributed by atoms with van der Waals surface area (Å²) in [5.41, 5.74) is 2.15. The third-order valence-electron chi connectivity index (χ3n) is 3.03. The average Bonchev–Trinajstić information content (AvgIpc) is 3.00. The highest BCUT2D eigenvalue weighted by molar-refractivity contribution is 7.17. The molecule has 1 amide bonds. The Labute approximate surface area is 113 Å². The van der Waals surface area contributed by atoms with E-state index in [1.807, 2.05) is 30.5 Å². The maximum Gasteiger partial charge on any atom is 0.257 e.